The summed E-state index contributed by atoms with van der Waals surface area (Å²) in [7, 11) is 1.55. The molecule has 11 nitrogen and oxygen atoms in total. The number of nitrogens with one attached hydrogen (secondary N) is 1. The molecule has 3 aromatic rings. The smallest absolute Gasteiger partial charge is 0.332 e. The summed E-state index contributed by atoms with van der Waals surface area (Å²) in [6.07, 6.45) is 3.43. The first-order valence-electron chi connectivity index (χ1n) is 11.2. The highest BCUT2D eigenvalue weighted by molar-refractivity contribution is 5.83. The van der Waals surface area contributed by atoms with E-state index in [1.165, 1.54) is 4.57 Å². The molecule has 1 aliphatic rings. The Morgan fingerprint density at radius 3 is 2.82 bits per heavy atom. The van der Waals surface area contributed by atoms with Gasteiger partial charge in [0.2, 0.25) is 5.95 Å². The highest BCUT2D eigenvalue weighted by Crippen LogP contribution is 2.22. The van der Waals surface area contributed by atoms with E-state index in [2.05, 4.69) is 27.1 Å². The highest BCUT2D eigenvalue weighted by Gasteiger charge is 2.26. The number of aromatic nitrogens is 5. The molecule has 0 amide bonds. The Morgan fingerprint density at radius 1 is 1.29 bits per heavy atom. The number of rotatable bonds is 7. The van der Waals surface area contributed by atoms with E-state index in [4.69, 9.17) is 5.73 Å². The van der Waals surface area contributed by atoms with Crippen molar-refractivity contribution in [3.05, 3.63) is 45.2 Å². The molecule has 3 N–H and O–H groups in total. The summed E-state index contributed by atoms with van der Waals surface area (Å²) < 4.78 is 3.98. The van der Waals surface area contributed by atoms with Gasteiger partial charge in [-0.05, 0) is 31.9 Å². The van der Waals surface area contributed by atoms with Crippen LogP contribution in [0, 0.1) is 11.8 Å². The van der Waals surface area contributed by atoms with Crippen LogP contribution in [-0.4, -0.2) is 55.1 Å². The van der Waals surface area contributed by atoms with Crippen molar-refractivity contribution in [1.29, 1.82) is 0 Å². The maximum atomic E-state index is 13.5. The quantitative estimate of drug-likeness (QED) is 0.464. The standard InChI is InChI=1S/C23H28N8O3/c1-3-4-12-30-19-20(27-22(30)29-11-7-8-16(24)14-29)28(2)23(34)31(21(19)33)15-17(32)13-26-18-9-5-6-10-25-18/h5-6,9-10,16H,7-8,11-15,24H2,1-2H3,(H,25,26). The average Bonchev–Trinajstić information content (AvgIpc) is 3.23. The molecular weight excluding hydrogens is 436 g/mol. The van der Waals surface area contributed by atoms with Crippen molar-refractivity contribution in [1.82, 2.24) is 23.7 Å². The molecule has 4 rings (SSSR count). The number of imidazole rings is 1. The zero-order valence-electron chi connectivity index (χ0n) is 19.3. The number of carbonyl (C=O) groups is 1. The minimum absolute atomic E-state index is 0.00368. The van der Waals surface area contributed by atoms with Gasteiger partial charge in [-0.1, -0.05) is 12.0 Å². The first-order valence-corrected chi connectivity index (χ1v) is 11.2. The van der Waals surface area contributed by atoms with Gasteiger partial charge < -0.3 is 16.0 Å². The molecule has 0 radical (unpaired) electrons. The second-order valence-corrected chi connectivity index (χ2v) is 8.29. The number of ketones is 1. The topological polar surface area (TPSA) is 133 Å². The largest absolute Gasteiger partial charge is 0.363 e. The van der Waals surface area contributed by atoms with Crippen LogP contribution in [0.2, 0.25) is 0 Å². The number of piperidine rings is 1. The Bertz CT molecular complexity index is 1380. The fraction of sp³-hybridized carbons (Fsp3) is 0.435. The second kappa shape index (κ2) is 9.93. The van der Waals surface area contributed by atoms with Crippen LogP contribution in [-0.2, 0) is 24.9 Å². The Morgan fingerprint density at radius 2 is 2.12 bits per heavy atom. The van der Waals surface area contributed by atoms with Crippen LogP contribution in [0.5, 0.6) is 0 Å². The fourth-order valence-corrected chi connectivity index (χ4v) is 4.13. The van der Waals surface area contributed by atoms with E-state index in [0.717, 1.165) is 24.0 Å². The van der Waals surface area contributed by atoms with Crippen LogP contribution in [0.25, 0.3) is 11.2 Å². The van der Waals surface area contributed by atoms with Crippen LogP contribution in [0.1, 0.15) is 19.8 Å². The van der Waals surface area contributed by atoms with Gasteiger partial charge in [0, 0.05) is 32.4 Å². The Labute approximate surface area is 196 Å². The number of nitrogens with zero attached hydrogens (tertiary/aromatic N) is 6. The number of hydrogen-bond donors (Lipinski definition) is 2. The number of carbonyl (C=O) groups excluding carboxylic acids is 1. The van der Waals surface area contributed by atoms with Crippen molar-refractivity contribution in [2.24, 2.45) is 12.8 Å². The molecule has 1 unspecified atom stereocenters. The molecule has 0 aromatic carbocycles. The molecule has 34 heavy (non-hydrogen) atoms. The van der Waals surface area contributed by atoms with Gasteiger partial charge in [0.15, 0.2) is 16.9 Å². The minimum atomic E-state index is -0.600. The summed E-state index contributed by atoms with van der Waals surface area (Å²) in [5.41, 5.74) is 5.50. The Kier molecular flexibility index (Phi) is 6.79. The fourth-order valence-electron chi connectivity index (χ4n) is 4.13. The van der Waals surface area contributed by atoms with E-state index in [1.807, 2.05) is 4.90 Å². The maximum Gasteiger partial charge on any atom is 0.332 e. The molecule has 1 atom stereocenters. The lowest BCUT2D eigenvalue weighted by atomic mass is 10.1. The third-order valence-electron chi connectivity index (χ3n) is 5.83. The molecule has 4 heterocycles. The number of hydrogen-bond acceptors (Lipinski definition) is 8. The molecule has 0 spiro atoms. The van der Waals surface area contributed by atoms with Gasteiger partial charge in [-0.25, -0.2) is 9.78 Å². The molecule has 0 bridgehead atoms. The maximum absolute atomic E-state index is 13.5. The molecule has 178 valence electrons. The van der Waals surface area contributed by atoms with Gasteiger partial charge in [-0.15, -0.1) is 5.92 Å². The lowest BCUT2D eigenvalue weighted by molar-refractivity contribution is -0.118. The van der Waals surface area contributed by atoms with E-state index in [-0.39, 0.29) is 42.6 Å². The van der Waals surface area contributed by atoms with Crippen molar-refractivity contribution >= 4 is 28.7 Å². The monoisotopic (exact) mass is 464 g/mol. The third kappa shape index (κ3) is 4.58. The number of fused-ring (bicyclic) bond motifs is 1. The number of nitrogens with two attached hydrogens (primary N) is 1. The van der Waals surface area contributed by atoms with Crippen LogP contribution >= 0.6 is 0 Å². The van der Waals surface area contributed by atoms with Crippen molar-refractivity contribution in [3.8, 4) is 11.8 Å². The third-order valence-corrected chi connectivity index (χ3v) is 5.83. The number of anilines is 2. The molecule has 1 saturated heterocycles. The van der Waals surface area contributed by atoms with Gasteiger partial charge in [-0.3, -0.25) is 23.3 Å². The van der Waals surface area contributed by atoms with Crippen LogP contribution < -0.4 is 27.2 Å². The van der Waals surface area contributed by atoms with Gasteiger partial charge in [0.05, 0.1) is 19.6 Å². The van der Waals surface area contributed by atoms with Gasteiger partial charge in [-0.2, -0.15) is 4.98 Å². The predicted molar refractivity (Wildman–Crippen MR) is 130 cm³/mol. The number of aryl methyl sites for hydroxylation is 1. The summed E-state index contributed by atoms with van der Waals surface area (Å²) >= 11 is 0. The van der Waals surface area contributed by atoms with Crippen molar-refractivity contribution in [3.63, 3.8) is 0 Å². The zero-order valence-corrected chi connectivity index (χ0v) is 19.3. The van der Waals surface area contributed by atoms with Crippen LogP contribution in [0.4, 0.5) is 11.8 Å². The van der Waals surface area contributed by atoms with E-state index in [9.17, 15) is 14.4 Å². The Hall–Kier alpha value is -3.91. The molecule has 11 heteroatoms. The molecule has 0 aliphatic carbocycles. The van der Waals surface area contributed by atoms with Gasteiger partial charge in [0.25, 0.3) is 5.56 Å². The van der Waals surface area contributed by atoms with E-state index in [0.29, 0.717) is 18.3 Å². The average molecular weight is 465 g/mol. The molecular formula is C23H28N8O3. The second-order valence-electron chi connectivity index (χ2n) is 8.29. The predicted octanol–water partition coefficient (Wildman–Crippen LogP) is -0.0763. The number of Topliss-reactive ketones (excluding diaryl/α,β-unsaturated/α-hetero) is 1. The summed E-state index contributed by atoms with van der Waals surface area (Å²) in [5.74, 6) is 6.60. The SMILES string of the molecule is CC#CCn1c(N2CCCC(N)C2)nc2c1c(=O)n(CC(=O)CNc1ccccn1)c(=O)n2C. The lowest BCUT2D eigenvalue weighted by Gasteiger charge is -2.31. The first-order chi connectivity index (χ1) is 16.4. The van der Waals surface area contributed by atoms with Gasteiger partial charge >= 0.3 is 5.69 Å². The van der Waals surface area contributed by atoms with Crippen LogP contribution in [0.3, 0.4) is 0 Å². The molecule has 1 aliphatic heterocycles. The molecule has 1 fully saturated rings. The lowest BCUT2D eigenvalue weighted by Crippen LogP contribution is -2.44. The van der Waals surface area contributed by atoms with E-state index >= 15 is 0 Å². The molecule has 0 saturated carbocycles. The van der Waals surface area contributed by atoms with E-state index < -0.39 is 11.2 Å². The summed E-state index contributed by atoms with van der Waals surface area (Å²) in [5, 5.41) is 2.91. The summed E-state index contributed by atoms with van der Waals surface area (Å²) in [6, 6.07) is 5.29. The molecule has 3 aromatic heterocycles. The van der Waals surface area contributed by atoms with Crippen LogP contribution in [0.15, 0.2) is 34.0 Å². The summed E-state index contributed by atoms with van der Waals surface area (Å²) in [4.78, 5) is 49.9. The van der Waals surface area contributed by atoms with Crippen molar-refractivity contribution in [2.45, 2.75) is 38.9 Å². The normalized spacial score (nSPS) is 15.7. The highest BCUT2D eigenvalue weighted by atomic mass is 16.2. The Balaban J connectivity index is 1.73. The zero-order chi connectivity index (χ0) is 24.2. The number of pyridine rings is 1. The van der Waals surface area contributed by atoms with E-state index in [1.54, 1.807) is 42.9 Å². The van der Waals surface area contributed by atoms with Crippen molar-refractivity contribution in [2.75, 3.05) is 29.9 Å². The van der Waals surface area contributed by atoms with Crippen molar-refractivity contribution < 1.29 is 4.79 Å². The minimum Gasteiger partial charge on any atom is -0.363 e. The first kappa shape index (κ1) is 23.3. The van der Waals surface area contributed by atoms with Gasteiger partial charge in [0.1, 0.15) is 5.82 Å². The summed E-state index contributed by atoms with van der Waals surface area (Å²) in [6.45, 7) is 2.87.